The van der Waals surface area contributed by atoms with E-state index >= 15 is 0 Å². The Morgan fingerprint density at radius 3 is 2.81 bits per heavy atom. The third-order valence-electron chi connectivity index (χ3n) is 3.24. The van der Waals surface area contributed by atoms with Crippen LogP contribution in [-0.4, -0.2) is 49.9 Å². The number of nitrogens with zero attached hydrogens (tertiary/aromatic N) is 1. The third-order valence-corrected chi connectivity index (χ3v) is 3.24. The molecule has 0 fully saturated rings. The first-order valence-electron chi connectivity index (χ1n) is 7.04. The Bertz CT molecular complexity index is 590. The van der Waals surface area contributed by atoms with Crippen molar-refractivity contribution in [2.45, 2.75) is 19.1 Å². The minimum absolute atomic E-state index is 0.499. The molecule has 2 rings (SSSR count). The topological polar surface area (TPSA) is 57.9 Å². The van der Waals surface area contributed by atoms with E-state index in [1.54, 1.807) is 7.11 Å². The summed E-state index contributed by atoms with van der Waals surface area (Å²) in [4.78, 5) is 1.97. The molecule has 0 aliphatic heterocycles. The van der Waals surface area contributed by atoms with Crippen LogP contribution in [0, 0.1) is 0 Å². The summed E-state index contributed by atoms with van der Waals surface area (Å²) >= 11 is 0. The highest BCUT2D eigenvalue weighted by atomic mass is 16.5. The number of hydrogen-bond donors (Lipinski definition) is 2. The molecule has 21 heavy (non-hydrogen) atoms. The number of nitrogens with one attached hydrogen (secondary N) is 1. The molecule has 5 heteroatoms. The van der Waals surface area contributed by atoms with E-state index < -0.39 is 5.60 Å². The van der Waals surface area contributed by atoms with Gasteiger partial charge in [-0.3, -0.25) is 0 Å². The van der Waals surface area contributed by atoms with Gasteiger partial charge in [0.15, 0.2) is 11.3 Å². The molecule has 0 aliphatic rings. The lowest BCUT2D eigenvalue weighted by Crippen LogP contribution is -2.45. The maximum absolute atomic E-state index is 10.2. The van der Waals surface area contributed by atoms with Crippen LogP contribution in [-0.2, 0) is 6.54 Å². The molecule has 0 bridgehead atoms. The van der Waals surface area contributed by atoms with E-state index in [1.165, 1.54) is 0 Å². The molecule has 1 unspecified atom stereocenters. The second-order valence-electron chi connectivity index (χ2n) is 5.93. The number of likely N-dealkylation sites (N-methyl/N-ethyl adjacent to an activating group) is 1. The molecule has 0 amide bonds. The lowest BCUT2D eigenvalue weighted by molar-refractivity contribution is 0.0333. The largest absolute Gasteiger partial charge is 0.493 e. The lowest BCUT2D eigenvalue weighted by atomic mass is 10.1. The van der Waals surface area contributed by atoms with Crippen LogP contribution in [0.5, 0.6) is 5.75 Å². The van der Waals surface area contributed by atoms with Crippen LogP contribution >= 0.6 is 0 Å². The van der Waals surface area contributed by atoms with Crippen LogP contribution in [0.3, 0.4) is 0 Å². The van der Waals surface area contributed by atoms with Gasteiger partial charge in [-0.05, 0) is 33.2 Å². The minimum Gasteiger partial charge on any atom is -0.493 e. The molecule has 2 aromatic rings. The van der Waals surface area contributed by atoms with E-state index in [-0.39, 0.29) is 0 Å². The zero-order valence-corrected chi connectivity index (χ0v) is 13.1. The van der Waals surface area contributed by atoms with Crippen LogP contribution in [0.2, 0.25) is 0 Å². The molecule has 2 N–H and O–H groups in total. The fraction of sp³-hybridized carbons (Fsp3) is 0.500. The molecule has 0 spiro atoms. The lowest BCUT2D eigenvalue weighted by Gasteiger charge is -2.27. The second-order valence-corrected chi connectivity index (χ2v) is 5.93. The molecule has 5 nitrogen and oxygen atoms in total. The Hall–Kier alpha value is -1.56. The summed E-state index contributed by atoms with van der Waals surface area (Å²) in [6.07, 6.45) is 0. The van der Waals surface area contributed by atoms with Gasteiger partial charge in [0, 0.05) is 18.5 Å². The number of hydrogen-bond acceptors (Lipinski definition) is 5. The molecule has 0 aliphatic carbocycles. The van der Waals surface area contributed by atoms with Crippen molar-refractivity contribution in [1.82, 2.24) is 10.2 Å². The SMILES string of the molecule is COc1cccc2cc(CNCC(C)(O)CN(C)C)oc12. The van der Waals surface area contributed by atoms with Gasteiger partial charge in [0.2, 0.25) is 0 Å². The maximum Gasteiger partial charge on any atom is 0.176 e. The fourth-order valence-electron chi connectivity index (χ4n) is 2.53. The standard InChI is InChI=1S/C16H24N2O3/c1-16(19,11-18(2)3)10-17-9-13-8-12-6-5-7-14(20-4)15(12)21-13/h5-8,17,19H,9-11H2,1-4H3. The predicted molar refractivity (Wildman–Crippen MR) is 83.7 cm³/mol. The van der Waals surface area contributed by atoms with Crippen molar-refractivity contribution in [2.24, 2.45) is 0 Å². The summed E-state index contributed by atoms with van der Waals surface area (Å²) in [6, 6.07) is 7.80. The van der Waals surface area contributed by atoms with Gasteiger partial charge in [-0.2, -0.15) is 0 Å². The molecular formula is C16H24N2O3. The van der Waals surface area contributed by atoms with E-state index in [4.69, 9.17) is 9.15 Å². The first-order chi connectivity index (χ1) is 9.91. The van der Waals surface area contributed by atoms with Gasteiger partial charge in [0.1, 0.15) is 5.76 Å². The summed E-state index contributed by atoms with van der Waals surface area (Å²) in [6.45, 7) is 3.50. The van der Waals surface area contributed by atoms with Crippen molar-refractivity contribution in [3.05, 3.63) is 30.0 Å². The average molecular weight is 292 g/mol. The van der Waals surface area contributed by atoms with Gasteiger partial charge in [0.25, 0.3) is 0 Å². The van der Waals surface area contributed by atoms with E-state index in [1.807, 2.05) is 50.2 Å². The number of ether oxygens (including phenoxy) is 1. The first kappa shape index (κ1) is 15.8. The van der Waals surface area contributed by atoms with Crippen molar-refractivity contribution >= 4 is 11.0 Å². The van der Waals surface area contributed by atoms with Crippen LogP contribution in [0.15, 0.2) is 28.7 Å². The van der Waals surface area contributed by atoms with Gasteiger partial charge in [-0.1, -0.05) is 12.1 Å². The van der Waals surface area contributed by atoms with Crippen LogP contribution in [0.1, 0.15) is 12.7 Å². The van der Waals surface area contributed by atoms with Gasteiger partial charge >= 0.3 is 0 Å². The zero-order valence-electron chi connectivity index (χ0n) is 13.1. The zero-order chi connectivity index (χ0) is 15.5. The Balaban J connectivity index is 1.98. The van der Waals surface area contributed by atoms with Crippen LogP contribution in [0.25, 0.3) is 11.0 Å². The van der Waals surface area contributed by atoms with E-state index in [2.05, 4.69) is 5.32 Å². The average Bonchev–Trinajstić information content (AvgIpc) is 2.79. The van der Waals surface area contributed by atoms with Gasteiger partial charge in [-0.15, -0.1) is 0 Å². The molecular weight excluding hydrogens is 268 g/mol. The van der Waals surface area contributed by atoms with E-state index in [0.29, 0.717) is 19.6 Å². The molecule has 0 saturated carbocycles. The van der Waals surface area contributed by atoms with Gasteiger partial charge < -0.3 is 24.5 Å². The Morgan fingerprint density at radius 2 is 2.14 bits per heavy atom. The second kappa shape index (κ2) is 6.47. The highest BCUT2D eigenvalue weighted by Gasteiger charge is 2.20. The van der Waals surface area contributed by atoms with Crippen molar-refractivity contribution in [3.63, 3.8) is 0 Å². The van der Waals surface area contributed by atoms with E-state index in [9.17, 15) is 5.11 Å². The number of methoxy groups -OCH3 is 1. The van der Waals surface area contributed by atoms with E-state index in [0.717, 1.165) is 22.5 Å². The van der Waals surface area contributed by atoms with Crippen molar-refractivity contribution in [2.75, 3.05) is 34.3 Å². The molecule has 1 aromatic carbocycles. The highest BCUT2D eigenvalue weighted by molar-refractivity contribution is 5.83. The first-order valence-corrected chi connectivity index (χ1v) is 7.04. The molecule has 1 heterocycles. The molecule has 1 atom stereocenters. The monoisotopic (exact) mass is 292 g/mol. The Labute approximate surface area is 125 Å². The number of benzene rings is 1. The van der Waals surface area contributed by atoms with Crippen LogP contribution in [0.4, 0.5) is 0 Å². The van der Waals surface area contributed by atoms with Crippen molar-refractivity contribution in [1.29, 1.82) is 0 Å². The predicted octanol–water partition coefficient (Wildman–Crippen LogP) is 1.84. The molecule has 0 saturated heterocycles. The van der Waals surface area contributed by atoms with Gasteiger partial charge in [0.05, 0.1) is 19.3 Å². The molecule has 0 radical (unpaired) electrons. The van der Waals surface area contributed by atoms with Crippen LogP contribution < -0.4 is 10.1 Å². The number of para-hydroxylation sites is 1. The Morgan fingerprint density at radius 1 is 1.38 bits per heavy atom. The normalized spacial score (nSPS) is 14.6. The summed E-state index contributed by atoms with van der Waals surface area (Å²) < 4.78 is 11.1. The summed E-state index contributed by atoms with van der Waals surface area (Å²) in [7, 11) is 5.52. The summed E-state index contributed by atoms with van der Waals surface area (Å²) in [5.74, 6) is 1.56. The smallest absolute Gasteiger partial charge is 0.176 e. The number of furan rings is 1. The quantitative estimate of drug-likeness (QED) is 0.815. The van der Waals surface area contributed by atoms with Crippen molar-refractivity contribution in [3.8, 4) is 5.75 Å². The highest BCUT2D eigenvalue weighted by Crippen LogP contribution is 2.28. The number of aliphatic hydroxyl groups is 1. The number of rotatable bonds is 7. The summed E-state index contributed by atoms with van der Waals surface area (Å²) in [5, 5.41) is 14.5. The maximum atomic E-state index is 10.2. The third kappa shape index (κ3) is 4.20. The Kier molecular flexibility index (Phi) is 4.88. The minimum atomic E-state index is -0.771. The molecule has 1 aromatic heterocycles. The molecule has 116 valence electrons. The number of fused-ring (bicyclic) bond motifs is 1. The summed E-state index contributed by atoms with van der Waals surface area (Å²) in [5.41, 5.74) is -0.00966. The fourth-order valence-corrected chi connectivity index (χ4v) is 2.53. The van der Waals surface area contributed by atoms with Crippen molar-refractivity contribution < 1.29 is 14.3 Å². The van der Waals surface area contributed by atoms with Gasteiger partial charge in [-0.25, -0.2) is 0 Å².